The number of benzene rings is 2. The van der Waals surface area contributed by atoms with Crippen molar-refractivity contribution in [1.82, 2.24) is 5.32 Å². The van der Waals surface area contributed by atoms with Gasteiger partial charge in [-0.3, -0.25) is 0 Å². The molecule has 0 bridgehead atoms. The highest BCUT2D eigenvalue weighted by Crippen LogP contribution is 2.24. The van der Waals surface area contributed by atoms with Crippen molar-refractivity contribution < 1.29 is 9.84 Å². The average Bonchev–Trinajstić information content (AvgIpc) is 2.59. The minimum atomic E-state index is 0.0205. The smallest absolute Gasteiger partial charge is 0.124 e. The fourth-order valence-corrected chi connectivity index (χ4v) is 2.32. The summed E-state index contributed by atoms with van der Waals surface area (Å²) in [4.78, 5) is 0. The molecule has 2 aromatic rings. The van der Waals surface area contributed by atoms with E-state index in [1.54, 1.807) is 13.2 Å². The van der Waals surface area contributed by atoms with E-state index >= 15 is 0 Å². The van der Waals surface area contributed by atoms with Crippen LogP contribution in [0.3, 0.4) is 0 Å². The highest BCUT2D eigenvalue weighted by Gasteiger charge is 2.08. The Morgan fingerprint density at radius 3 is 2.61 bits per heavy atom. The zero-order valence-corrected chi connectivity index (χ0v) is 13.3. The maximum Gasteiger partial charge on any atom is 0.124 e. The molecule has 0 aromatic heterocycles. The van der Waals surface area contributed by atoms with Crippen LogP contribution in [0.5, 0.6) is 5.75 Å². The monoisotopic (exact) mass is 307 g/mol. The lowest BCUT2D eigenvalue weighted by molar-refractivity contribution is 0.408. The van der Waals surface area contributed by atoms with E-state index in [1.165, 1.54) is 0 Å². The number of hydrogen-bond donors (Lipinski definition) is 2. The van der Waals surface area contributed by atoms with Crippen molar-refractivity contribution in [2.45, 2.75) is 6.54 Å². The standard InChI is InChI=1S/C20H21NO2/c1-5-16-8-6-7-9-19(16)14(2)21-13-18-11-10-17(15(3)22)12-20(18)23-4/h5-12,21-22H,1-3,13H2,4H3. The first-order chi connectivity index (χ1) is 11.1. The Morgan fingerprint density at radius 2 is 1.96 bits per heavy atom. The molecule has 0 spiro atoms. The number of aliphatic hydroxyl groups is 1. The van der Waals surface area contributed by atoms with Crippen molar-refractivity contribution >= 4 is 17.5 Å². The van der Waals surface area contributed by atoms with Gasteiger partial charge in [-0.05, 0) is 11.6 Å². The molecule has 0 aliphatic heterocycles. The highest BCUT2D eigenvalue weighted by atomic mass is 16.5. The lowest BCUT2D eigenvalue weighted by Gasteiger charge is -2.15. The molecule has 0 saturated carbocycles. The molecule has 0 atom stereocenters. The summed E-state index contributed by atoms with van der Waals surface area (Å²) in [6.07, 6.45) is 1.81. The van der Waals surface area contributed by atoms with E-state index < -0.39 is 0 Å². The molecule has 0 heterocycles. The molecule has 0 aliphatic rings. The van der Waals surface area contributed by atoms with Crippen LogP contribution in [0.15, 0.2) is 62.2 Å². The number of hydrogen-bond acceptors (Lipinski definition) is 3. The summed E-state index contributed by atoms with van der Waals surface area (Å²) in [5.41, 5.74) is 4.47. The predicted molar refractivity (Wildman–Crippen MR) is 97.1 cm³/mol. The van der Waals surface area contributed by atoms with Gasteiger partial charge in [-0.15, -0.1) is 0 Å². The summed E-state index contributed by atoms with van der Waals surface area (Å²) < 4.78 is 5.38. The van der Waals surface area contributed by atoms with E-state index in [0.717, 1.165) is 22.4 Å². The molecule has 0 aliphatic carbocycles. The van der Waals surface area contributed by atoms with Gasteiger partial charge in [-0.1, -0.05) is 62.2 Å². The summed E-state index contributed by atoms with van der Waals surface area (Å²) in [6.45, 7) is 12.0. The van der Waals surface area contributed by atoms with Crippen LogP contribution in [0.1, 0.15) is 22.3 Å². The van der Waals surface area contributed by atoms with Gasteiger partial charge in [0.15, 0.2) is 0 Å². The van der Waals surface area contributed by atoms with Gasteiger partial charge < -0.3 is 15.2 Å². The average molecular weight is 307 g/mol. The second-order valence-electron chi connectivity index (χ2n) is 5.10. The zero-order valence-electron chi connectivity index (χ0n) is 13.3. The molecule has 2 N–H and O–H groups in total. The van der Waals surface area contributed by atoms with E-state index in [0.29, 0.717) is 17.9 Å². The Morgan fingerprint density at radius 1 is 1.22 bits per heavy atom. The third-order valence-electron chi connectivity index (χ3n) is 3.62. The van der Waals surface area contributed by atoms with Crippen LogP contribution in [0.4, 0.5) is 0 Å². The van der Waals surface area contributed by atoms with Crippen LogP contribution in [-0.2, 0) is 6.54 Å². The Hall–Kier alpha value is -2.94. The van der Waals surface area contributed by atoms with Gasteiger partial charge in [0.25, 0.3) is 0 Å². The number of rotatable bonds is 7. The van der Waals surface area contributed by atoms with Gasteiger partial charge in [0, 0.05) is 28.9 Å². The van der Waals surface area contributed by atoms with E-state index in [4.69, 9.17) is 4.74 Å². The van der Waals surface area contributed by atoms with Crippen molar-refractivity contribution in [1.29, 1.82) is 0 Å². The van der Waals surface area contributed by atoms with Crippen molar-refractivity contribution in [3.05, 3.63) is 84.5 Å². The molecule has 0 fully saturated rings. The van der Waals surface area contributed by atoms with Gasteiger partial charge in [0.1, 0.15) is 11.5 Å². The van der Waals surface area contributed by atoms with Gasteiger partial charge >= 0.3 is 0 Å². The van der Waals surface area contributed by atoms with Crippen LogP contribution in [0.2, 0.25) is 0 Å². The third-order valence-corrected chi connectivity index (χ3v) is 3.62. The van der Waals surface area contributed by atoms with E-state index in [-0.39, 0.29) is 5.76 Å². The highest BCUT2D eigenvalue weighted by molar-refractivity contribution is 5.71. The molecule has 0 unspecified atom stereocenters. The van der Waals surface area contributed by atoms with Crippen molar-refractivity contribution in [2.24, 2.45) is 0 Å². The summed E-state index contributed by atoms with van der Waals surface area (Å²) in [7, 11) is 1.60. The largest absolute Gasteiger partial charge is 0.508 e. The minimum Gasteiger partial charge on any atom is -0.508 e. The van der Waals surface area contributed by atoms with Crippen molar-refractivity contribution in [2.75, 3.05) is 7.11 Å². The van der Waals surface area contributed by atoms with E-state index in [2.05, 4.69) is 25.1 Å². The van der Waals surface area contributed by atoms with Crippen LogP contribution < -0.4 is 10.1 Å². The van der Waals surface area contributed by atoms with Crippen LogP contribution >= 0.6 is 0 Å². The molecule has 0 amide bonds. The molecule has 3 nitrogen and oxygen atoms in total. The molecular weight excluding hydrogens is 286 g/mol. The first kappa shape index (κ1) is 16.4. The second kappa shape index (κ2) is 7.36. The lowest BCUT2D eigenvalue weighted by atomic mass is 10.0. The Balaban J connectivity index is 2.16. The SMILES string of the molecule is C=Cc1ccccc1C(=C)NCc1ccc(C(=C)O)cc1OC. The molecule has 2 aromatic carbocycles. The van der Waals surface area contributed by atoms with Crippen LogP contribution in [0, 0.1) is 0 Å². The number of nitrogens with one attached hydrogen (secondary N) is 1. The lowest BCUT2D eigenvalue weighted by Crippen LogP contribution is -2.12. The van der Waals surface area contributed by atoms with Gasteiger partial charge in [0.05, 0.1) is 7.11 Å². The quantitative estimate of drug-likeness (QED) is 0.733. The zero-order chi connectivity index (χ0) is 16.8. The van der Waals surface area contributed by atoms with Gasteiger partial charge in [-0.25, -0.2) is 0 Å². The molecule has 0 saturated heterocycles. The maximum atomic E-state index is 9.47. The third kappa shape index (κ3) is 3.83. The van der Waals surface area contributed by atoms with Gasteiger partial charge in [0.2, 0.25) is 0 Å². The van der Waals surface area contributed by atoms with Crippen LogP contribution in [-0.4, -0.2) is 12.2 Å². The molecule has 118 valence electrons. The minimum absolute atomic E-state index is 0.0205. The molecule has 2 rings (SSSR count). The number of aliphatic hydroxyl groups excluding tert-OH is 1. The van der Waals surface area contributed by atoms with E-state index in [1.807, 2.05) is 42.5 Å². The normalized spacial score (nSPS) is 9.96. The summed E-state index contributed by atoms with van der Waals surface area (Å²) in [5.74, 6) is 0.710. The Labute approximate surface area is 137 Å². The Kier molecular flexibility index (Phi) is 5.26. The summed E-state index contributed by atoms with van der Waals surface area (Å²) >= 11 is 0. The second-order valence-corrected chi connectivity index (χ2v) is 5.10. The van der Waals surface area contributed by atoms with Crippen LogP contribution in [0.25, 0.3) is 17.5 Å². The fourth-order valence-electron chi connectivity index (χ4n) is 2.32. The summed E-state index contributed by atoms with van der Waals surface area (Å²) in [6, 6.07) is 13.4. The van der Waals surface area contributed by atoms with Crippen molar-refractivity contribution in [3.8, 4) is 5.75 Å². The number of methoxy groups -OCH3 is 1. The van der Waals surface area contributed by atoms with Gasteiger partial charge in [-0.2, -0.15) is 0 Å². The fraction of sp³-hybridized carbons (Fsp3) is 0.100. The van der Waals surface area contributed by atoms with Crippen molar-refractivity contribution in [3.63, 3.8) is 0 Å². The molecule has 0 radical (unpaired) electrons. The topological polar surface area (TPSA) is 41.5 Å². The summed E-state index contributed by atoms with van der Waals surface area (Å²) in [5, 5.41) is 12.8. The first-order valence-electron chi connectivity index (χ1n) is 7.26. The number of ether oxygens (including phenoxy) is 1. The predicted octanol–water partition coefficient (Wildman–Crippen LogP) is 4.63. The Bertz CT molecular complexity index is 747. The molecular formula is C20H21NO2. The maximum absolute atomic E-state index is 9.47. The molecule has 3 heteroatoms. The van der Waals surface area contributed by atoms with E-state index in [9.17, 15) is 5.11 Å². The first-order valence-corrected chi connectivity index (χ1v) is 7.26. The molecule has 23 heavy (non-hydrogen) atoms.